The highest BCUT2D eigenvalue weighted by atomic mass is 16.2. The van der Waals surface area contributed by atoms with Gasteiger partial charge in [-0.1, -0.05) is 18.9 Å². The molecule has 1 heterocycles. The molecule has 3 amide bonds. The normalized spacial score (nSPS) is 14.2. The van der Waals surface area contributed by atoms with E-state index in [0.717, 1.165) is 31.6 Å². The van der Waals surface area contributed by atoms with Crippen molar-refractivity contribution in [2.75, 3.05) is 30.3 Å². The van der Waals surface area contributed by atoms with Gasteiger partial charge in [-0.2, -0.15) is 0 Å². The smallest absolute Gasteiger partial charge is 0.253 e. The lowest BCUT2D eigenvalue weighted by atomic mass is 10.1. The maximum atomic E-state index is 12.8. The lowest BCUT2D eigenvalue weighted by Crippen LogP contribution is -2.40. The molecule has 33 heavy (non-hydrogen) atoms. The molecule has 0 saturated carbocycles. The van der Waals surface area contributed by atoms with Gasteiger partial charge >= 0.3 is 0 Å². The monoisotopic (exact) mass is 450 g/mol. The van der Waals surface area contributed by atoms with E-state index < -0.39 is 0 Å². The van der Waals surface area contributed by atoms with Gasteiger partial charge in [-0.05, 0) is 76.1 Å². The Bertz CT molecular complexity index is 972. The fourth-order valence-electron chi connectivity index (χ4n) is 3.72. The third kappa shape index (κ3) is 7.63. The molecule has 0 atom stereocenters. The molecule has 0 radical (unpaired) electrons. The number of benzene rings is 2. The summed E-state index contributed by atoms with van der Waals surface area (Å²) in [6.07, 6.45) is 4.44. The second-order valence-corrected chi connectivity index (χ2v) is 9.47. The van der Waals surface area contributed by atoms with Gasteiger partial charge in [0.2, 0.25) is 5.91 Å². The predicted octanol–water partition coefficient (Wildman–Crippen LogP) is 4.28. The lowest BCUT2D eigenvalue weighted by molar-refractivity contribution is -0.114. The first-order valence-electron chi connectivity index (χ1n) is 11.6. The summed E-state index contributed by atoms with van der Waals surface area (Å²) in [5.74, 6) is -0.330. The molecule has 7 nitrogen and oxygen atoms in total. The summed E-state index contributed by atoms with van der Waals surface area (Å²) in [4.78, 5) is 39.3. The highest BCUT2D eigenvalue weighted by Gasteiger charge is 2.18. The maximum Gasteiger partial charge on any atom is 0.253 e. The van der Waals surface area contributed by atoms with Gasteiger partial charge in [0.1, 0.15) is 0 Å². The van der Waals surface area contributed by atoms with Crippen molar-refractivity contribution < 1.29 is 14.4 Å². The number of hydrogen-bond acceptors (Lipinski definition) is 4. The zero-order chi connectivity index (χ0) is 23.8. The Morgan fingerprint density at radius 2 is 1.52 bits per heavy atom. The van der Waals surface area contributed by atoms with E-state index in [2.05, 4.69) is 16.0 Å². The molecule has 0 aliphatic carbocycles. The number of carbonyl (C=O) groups excluding carboxylic acids is 3. The van der Waals surface area contributed by atoms with Crippen LogP contribution in [-0.2, 0) is 4.79 Å². The van der Waals surface area contributed by atoms with Crippen LogP contribution in [0.25, 0.3) is 0 Å². The van der Waals surface area contributed by atoms with Gasteiger partial charge in [-0.15, -0.1) is 0 Å². The van der Waals surface area contributed by atoms with Crippen molar-refractivity contribution in [3.8, 4) is 0 Å². The highest BCUT2D eigenvalue weighted by Crippen LogP contribution is 2.17. The van der Waals surface area contributed by atoms with E-state index in [1.54, 1.807) is 30.3 Å². The average molecular weight is 451 g/mol. The van der Waals surface area contributed by atoms with Crippen LogP contribution in [0, 0.1) is 0 Å². The first-order chi connectivity index (χ1) is 15.7. The first kappa shape index (κ1) is 24.3. The van der Waals surface area contributed by atoms with E-state index in [4.69, 9.17) is 0 Å². The van der Waals surface area contributed by atoms with E-state index in [1.165, 1.54) is 12.8 Å². The van der Waals surface area contributed by atoms with Crippen molar-refractivity contribution in [3.63, 3.8) is 0 Å². The Hall–Kier alpha value is -3.35. The number of likely N-dealkylation sites (tertiary alicyclic amines) is 1. The molecule has 1 aliphatic heterocycles. The fourth-order valence-corrected chi connectivity index (χ4v) is 3.72. The predicted molar refractivity (Wildman–Crippen MR) is 132 cm³/mol. The van der Waals surface area contributed by atoms with E-state index in [-0.39, 0.29) is 29.8 Å². The molecule has 2 aromatic rings. The molecular weight excluding hydrogens is 416 g/mol. The van der Waals surface area contributed by atoms with Crippen LogP contribution in [0.1, 0.15) is 67.2 Å². The Balaban J connectivity index is 1.52. The summed E-state index contributed by atoms with van der Waals surface area (Å²) in [5.41, 5.74) is 2.18. The van der Waals surface area contributed by atoms with E-state index in [0.29, 0.717) is 16.8 Å². The van der Waals surface area contributed by atoms with Crippen molar-refractivity contribution in [1.82, 2.24) is 10.2 Å². The third-order valence-electron chi connectivity index (χ3n) is 5.38. The van der Waals surface area contributed by atoms with Crippen LogP contribution in [0.15, 0.2) is 48.5 Å². The molecule has 0 spiro atoms. The van der Waals surface area contributed by atoms with Gasteiger partial charge in [0, 0.05) is 41.1 Å². The average Bonchev–Trinajstić information content (AvgIpc) is 3.06. The number of nitrogens with zero attached hydrogens (tertiary/aromatic N) is 1. The first-order valence-corrected chi connectivity index (χ1v) is 11.6. The number of anilines is 2. The van der Waals surface area contributed by atoms with Crippen LogP contribution in [0.4, 0.5) is 11.4 Å². The Labute approximate surface area is 195 Å². The molecule has 0 aromatic heterocycles. The second-order valence-electron chi connectivity index (χ2n) is 9.47. The van der Waals surface area contributed by atoms with Crippen molar-refractivity contribution in [2.45, 2.75) is 52.0 Å². The molecule has 2 aromatic carbocycles. The summed E-state index contributed by atoms with van der Waals surface area (Å²) in [7, 11) is 0. The van der Waals surface area contributed by atoms with Crippen LogP contribution in [0.5, 0.6) is 0 Å². The second kappa shape index (κ2) is 11.0. The molecule has 1 fully saturated rings. The van der Waals surface area contributed by atoms with Gasteiger partial charge in [0.15, 0.2) is 0 Å². The van der Waals surface area contributed by atoms with Crippen LogP contribution >= 0.6 is 0 Å². The van der Waals surface area contributed by atoms with Crippen LogP contribution in [0.3, 0.4) is 0 Å². The van der Waals surface area contributed by atoms with Crippen molar-refractivity contribution >= 4 is 29.1 Å². The Kier molecular flexibility index (Phi) is 8.09. The van der Waals surface area contributed by atoms with Crippen LogP contribution in [0.2, 0.25) is 0 Å². The number of nitrogens with one attached hydrogen (secondary N) is 3. The maximum absolute atomic E-state index is 12.8. The Morgan fingerprint density at radius 3 is 2.15 bits per heavy atom. The summed E-state index contributed by atoms with van der Waals surface area (Å²) < 4.78 is 0. The SMILES string of the molecule is CC(C)(C)NC(=O)c1ccc(NC(=O)CNc2cccc(C(=O)N3CCCCCC3)c2)cc1. The molecule has 0 bridgehead atoms. The van der Waals surface area contributed by atoms with Gasteiger partial charge in [-0.25, -0.2) is 0 Å². The molecule has 7 heteroatoms. The standard InChI is InChI=1S/C26H34N4O3/c1-26(2,3)29-24(32)19-11-13-21(14-12-19)28-23(31)18-27-22-10-8-9-20(17-22)25(33)30-15-6-4-5-7-16-30/h8-14,17,27H,4-7,15-16,18H2,1-3H3,(H,28,31)(H,29,32). The van der Waals surface area contributed by atoms with Gasteiger partial charge in [-0.3, -0.25) is 14.4 Å². The number of carbonyl (C=O) groups is 3. The van der Waals surface area contributed by atoms with Gasteiger partial charge < -0.3 is 20.9 Å². The molecule has 3 rings (SSSR count). The zero-order valence-corrected chi connectivity index (χ0v) is 19.7. The molecule has 176 valence electrons. The van der Waals surface area contributed by atoms with E-state index in [1.807, 2.05) is 43.9 Å². The number of rotatable bonds is 6. The van der Waals surface area contributed by atoms with E-state index >= 15 is 0 Å². The number of hydrogen-bond donors (Lipinski definition) is 3. The summed E-state index contributed by atoms with van der Waals surface area (Å²) in [6, 6.07) is 14.1. The van der Waals surface area contributed by atoms with Crippen LogP contribution in [-0.4, -0.2) is 47.8 Å². The summed E-state index contributed by atoms with van der Waals surface area (Å²) in [5, 5.41) is 8.81. The molecule has 0 unspecified atom stereocenters. The minimum Gasteiger partial charge on any atom is -0.376 e. The third-order valence-corrected chi connectivity index (χ3v) is 5.38. The quantitative estimate of drug-likeness (QED) is 0.613. The van der Waals surface area contributed by atoms with Crippen molar-refractivity contribution in [2.24, 2.45) is 0 Å². The lowest BCUT2D eigenvalue weighted by Gasteiger charge is -2.20. The Morgan fingerprint density at radius 1 is 0.848 bits per heavy atom. The van der Waals surface area contributed by atoms with Gasteiger partial charge in [0.05, 0.1) is 6.54 Å². The molecule has 3 N–H and O–H groups in total. The highest BCUT2D eigenvalue weighted by molar-refractivity contribution is 5.97. The van der Waals surface area contributed by atoms with E-state index in [9.17, 15) is 14.4 Å². The topological polar surface area (TPSA) is 90.5 Å². The molecule has 1 saturated heterocycles. The van der Waals surface area contributed by atoms with Crippen LogP contribution < -0.4 is 16.0 Å². The number of amides is 3. The summed E-state index contributed by atoms with van der Waals surface area (Å²) in [6.45, 7) is 7.44. The molecular formula is C26H34N4O3. The molecule has 1 aliphatic rings. The minimum absolute atomic E-state index is 0.0422. The fraction of sp³-hybridized carbons (Fsp3) is 0.423. The largest absolute Gasteiger partial charge is 0.376 e. The zero-order valence-electron chi connectivity index (χ0n) is 19.7. The minimum atomic E-state index is -0.315. The van der Waals surface area contributed by atoms with Crippen molar-refractivity contribution in [3.05, 3.63) is 59.7 Å². The van der Waals surface area contributed by atoms with Crippen molar-refractivity contribution in [1.29, 1.82) is 0 Å². The van der Waals surface area contributed by atoms with Gasteiger partial charge in [0.25, 0.3) is 11.8 Å². The summed E-state index contributed by atoms with van der Waals surface area (Å²) >= 11 is 0.